The van der Waals surface area contributed by atoms with Gasteiger partial charge in [0.2, 0.25) is 10.0 Å². The number of sulfonamides is 1. The summed E-state index contributed by atoms with van der Waals surface area (Å²) in [6.45, 7) is 2.05. The lowest BCUT2D eigenvalue weighted by atomic mass is 10.1. The highest BCUT2D eigenvalue weighted by Gasteiger charge is 2.15. The number of hydrogen-bond donors (Lipinski definition) is 2. The largest absolute Gasteiger partial charge is 0.322 e. The van der Waals surface area contributed by atoms with Crippen molar-refractivity contribution in [1.29, 1.82) is 5.26 Å². The maximum absolute atomic E-state index is 12.3. The number of carbonyl (C=O) groups excluding carboxylic acids is 1. The van der Waals surface area contributed by atoms with Gasteiger partial charge in [0.05, 0.1) is 11.0 Å². The Balaban J connectivity index is 2.11. The quantitative estimate of drug-likeness (QED) is 0.744. The van der Waals surface area contributed by atoms with Gasteiger partial charge >= 0.3 is 0 Å². The molecular weight excluding hydrogens is 338 g/mol. The molecule has 0 aliphatic heterocycles. The first-order chi connectivity index (χ1) is 12.0. The van der Waals surface area contributed by atoms with Gasteiger partial charge < -0.3 is 5.32 Å². The number of amides is 1. The Bertz CT molecular complexity index is 885. The minimum absolute atomic E-state index is 0.0505. The van der Waals surface area contributed by atoms with Crippen LogP contribution in [-0.2, 0) is 16.4 Å². The molecule has 1 amide bonds. The van der Waals surface area contributed by atoms with Crippen molar-refractivity contribution in [3.05, 3.63) is 59.7 Å². The summed E-state index contributed by atoms with van der Waals surface area (Å²) in [5.41, 5.74) is 2.13. The number of nitrogens with zero attached hydrogens (tertiary/aromatic N) is 1. The first-order valence-corrected chi connectivity index (χ1v) is 9.32. The molecule has 0 saturated carbocycles. The van der Waals surface area contributed by atoms with Gasteiger partial charge in [-0.2, -0.15) is 5.26 Å². The number of rotatable bonds is 7. The first kappa shape index (κ1) is 18.6. The molecule has 0 radical (unpaired) electrons. The zero-order valence-electron chi connectivity index (χ0n) is 13.8. The van der Waals surface area contributed by atoms with Gasteiger partial charge in [-0.05, 0) is 42.3 Å². The molecule has 0 spiro atoms. The van der Waals surface area contributed by atoms with E-state index in [0.29, 0.717) is 5.56 Å². The summed E-state index contributed by atoms with van der Waals surface area (Å²) in [6.07, 6.45) is 0.887. The van der Waals surface area contributed by atoms with Crippen LogP contribution in [0.25, 0.3) is 0 Å². The van der Waals surface area contributed by atoms with Crippen molar-refractivity contribution >= 4 is 21.6 Å². The van der Waals surface area contributed by atoms with Crippen LogP contribution in [0.3, 0.4) is 0 Å². The smallest absolute Gasteiger partial charge is 0.255 e. The van der Waals surface area contributed by atoms with Gasteiger partial charge in [-0.15, -0.1) is 0 Å². The molecule has 2 aromatic rings. The molecule has 25 heavy (non-hydrogen) atoms. The summed E-state index contributed by atoms with van der Waals surface area (Å²) < 4.78 is 26.4. The molecule has 130 valence electrons. The molecule has 7 heteroatoms. The van der Waals surface area contributed by atoms with Gasteiger partial charge in [0.15, 0.2) is 0 Å². The molecule has 0 heterocycles. The van der Waals surface area contributed by atoms with Crippen molar-refractivity contribution in [2.75, 3.05) is 11.9 Å². The van der Waals surface area contributed by atoms with E-state index >= 15 is 0 Å². The molecule has 0 aliphatic carbocycles. The number of nitrogens with one attached hydrogen (secondary N) is 2. The van der Waals surface area contributed by atoms with Gasteiger partial charge in [0.25, 0.3) is 5.91 Å². The van der Waals surface area contributed by atoms with Crippen LogP contribution in [0.5, 0.6) is 0 Å². The van der Waals surface area contributed by atoms with Gasteiger partial charge in [-0.3, -0.25) is 4.79 Å². The molecule has 0 atom stereocenters. The Labute approximate surface area is 147 Å². The first-order valence-electron chi connectivity index (χ1n) is 7.84. The summed E-state index contributed by atoms with van der Waals surface area (Å²) in [7, 11) is -3.68. The Kier molecular flexibility index (Phi) is 6.28. The highest BCUT2D eigenvalue weighted by Crippen LogP contribution is 2.17. The van der Waals surface area contributed by atoms with E-state index in [-0.39, 0.29) is 23.8 Å². The monoisotopic (exact) mass is 357 g/mol. The van der Waals surface area contributed by atoms with Crippen molar-refractivity contribution in [1.82, 2.24) is 4.72 Å². The second-order valence-electron chi connectivity index (χ2n) is 5.30. The van der Waals surface area contributed by atoms with Crippen LogP contribution < -0.4 is 10.0 Å². The molecule has 2 N–H and O–H groups in total. The van der Waals surface area contributed by atoms with E-state index < -0.39 is 10.0 Å². The predicted octanol–water partition coefficient (Wildman–Crippen LogP) is 2.69. The van der Waals surface area contributed by atoms with Gasteiger partial charge in [-0.25, -0.2) is 13.1 Å². The minimum atomic E-state index is -3.68. The van der Waals surface area contributed by atoms with E-state index in [1.807, 2.05) is 37.3 Å². The molecule has 6 nitrogen and oxygen atoms in total. The fraction of sp³-hybridized carbons (Fsp3) is 0.222. The lowest BCUT2D eigenvalue weighted by molar-refractivity contribution is 0.102. The molecule has 0 unspecified atom stereocenters. The molecule has 0 aromatic heterocycles. The Hall–Kier alpha value is -2.69. The van der Waals surface area contributed by atoms with E-state index in [0.717, 1.165) is 17.7 Å². The zero-order valence-corrected chi connectivity index (χ0v) is 14.6. The second-order valence-corrected chi connectivity index (χ2v) is 7.06. The van der Waals surface area contributed by atoms with Crippen LogP contribution in [0.2, 0.25) is 0 Å². The summed E-state index contributed by atoms with van der Waals surface area (Å²) in [5.74, 6) is -0.303. The average molecular weight is 357 g/mol. The highest BCUT2D eigenvalue weighted by atomic mass is 32.2. The molecule has 2 aromatic carbocycles. The maximum Gasteiger partial charge on any atom is 0.255 e. The fourth-order valence-corrected chi connectivity index (χ4v) is 3.29. The van der Waals surface area contributed by atoms with Crippen LogP contribution >= 0.6 is 0 Å². The Morgan fingerprint density at radius 1 is 1.12 bits per heavy atom. The highest BCUT2D eigenvalue weighted by molar-refractivity contribution is 7.89. The Morgan fingerprint density at radius 3 is 2.44 bits per heavy atom. The number of hydrogen-bond acceptors (Lipinski definition) is 4. The van der Waals surface area contributed by atoms with Gasteiger partial charge in [0, 0.05) is 24.2 Å². The number of benzene rings is 2. The molecule has 0 saturated heterocycles. The van der Waals surface area contributed by atoms with Crippen LogP contribution in [-0.4, -0.2) is 20.9 Å². The third-order valence-electron chi connectivity index (χ3n) is 3.60. The Morgan fingerprint density at radius 2 is 1.80 bits per heavy atom. The molecule has 0 fully saturated rings. The predicted molar refractivity (Wildman–Crippen MR) is 95.6 cm³/mol. The summed E-state index contributed by atoms with van der Waals surface area (Å²) in [4.78, 5) is 12.4. The van der Waals surface area contributed by atoms with Crippen LogP contribution in [0.15, 0.2) is 53.4 Å². The third-order valence-corrected chi connectivity index (χ3v) is 5.08. The number of anilines is 1. The van der Waals surface area contributed by atoms with Crippen LogP contribution in [0.1, 0.15) is 29.3 Å². The van der Waals surface area contributed by atoms with Crippen molar-refractivity contribution in [3.8, 4) is 6.07 Å². The fourth-order valence-electron chi connectivity index (χ4n) is 2.26. The summed E-state index contributed by atoms with van der Waals surface area (Å²) >= 11 is 0. The SMILES string of the molecule is CCc1ccccc1NC(=O)c1ccc(S(=O)(=O)NCCC#N)cc1. The summed E-state index contributed by atoms with van der Waals surface area (Å²) in [6, 6.07) is 15.1. The molecule has 0 bridgehead atoms. The average Bonchev–Trinajstić information content (AvgIpc) is 2.62. The normalized spacial score (nSPS) is 10.9. The van der Waals surface area contributed by atoms with E-state index in [2.05, 4.69) is 10.0 Å². The van der Waals surface area contributed by atoms with E-state index in [1.54, 1.807) is 0 Å². The van der Waals surface area contributed by atoms with Gasteiger partial charge in [0.1, 0.15) is 0 Å². The van der Waals surface area contributed by atoms with Crippen molar-refractivity contribution in [2.24, 2.45) is 0 Å². The van der Waals surface area contributed by atoms with Crippen molar-refractivity contribution < 1.29 is 13.2 Å². The van der Waals surface area contributed by atoms with E-state index in [4.69, 9.17) is 5.26 Å². The number of carbonyl (C=O) groups is 1. The van der Waals surface area contributed by atoms with E-state index in [9.17, 15) is 13.2 Å². The summed E-state index contributed by atoms with van der Waals surface area (Å²) in [5, 5.41) is 11.3. The number of nitriles is 1. The van der Waals surface area contributed by atoms with Crippen LogP contribution in [0.4, 0.5) is 5.69 Å². The minimum Gasteiger partial charge on any atom is -0.322 e. The second kappa shape index (κ2) is 8.42. The lowest BCUT2D eigenvalue weighted by Gasteiger charge is -2.10. The van der Waals surface area contributed by atoms with Gasteiger partial charge in [-0.1, -0.05) is 25.1 Å². The lowest BCUT2D eigenvalue weighted by Crippen LogP contribution is -2.24. The maximum atomic E-state index is 12.3. The molecule has 0 aliphatic rings. The zero-order chi connectivity index (χ0) is 18.3. The van der Waals surface area contributed by atoms with Crippen molar-refractivity contribution in [2.45, 2.75) is 24.7 Å². The molecule has 2 rings (SSSR count). The van der Waals surface area contributed by atoms with Crippen molar-refractivity contribution in [3.63, 3.8) is 0 Å². The van der Waals surface area contributed by atoms with E-state index in [1.165, 1.54) is 24.3 Å². The standard InChI is InChI=1S/C18H19N3O3S/c1-2-14-6-3-4-7-17(14)21-18(22)15-8-10-16(11-9-15)25(23,24)20-13-5-12-19/h3-4,6-11,20H,2,5,13H2,1H3,(H,21,22). The topological polar surface area (TPSA) is 99.1 Å². The molecular formula is C18H19N3O3S. The number of para-hydroxylation sites is 1. The third kappa shape index (κ3) is 4.89. The number of aryl methyl sites for hydroxylation is 1. The van der Waals surface area contributed by atoms with Crippen LogP contribution in [0, 0.1) is 11.3 Å².